The van der Waals surface area contributed by atoms with Gasteiger partial charge in [-0.15, -0.1) is 0 Å². The summed E-state index contributed by atoms with van der Waals surface area (Å²) in [5.41, 5.74) is 0.806. The van der Waals surface area contributed by atoms with Gasteiger partial charge in [0.05, 0.1) is 11.6 Å². The third-order valence-electron chi connectivity index (χ3n) is 4.84. The molecular formula is C17H22FN3O2. The molecule has 3 rings (SSSR count). The number of hydrogen-bond acceptors (Lipinski definition) is 5. The Morgan fingerprint density at radius 3 is 2.65 bits per heavy atom. The van der Waals surface area contributed by atoms with Crippen molar-refractivity contribution in [2.75, 3.05) is 39.4 Å². The van der Waals surface area contributed by atoms with E-state index in [-0.39, 0.29) is 17.7 Å². The number of phenolic OH excluding ortho intramolecular Hbond substituents is 1. The Morgan fingerprint density at radius 1 is 1.30 bits per heavy atom. The molecule has 6 heteroatoms. The molecule has 1 aromatic rings. The van der Waals surface area contributed by atoms with Crippen LogP contribution in [0.15, 0.2) is 12.1 Å². The third-order valence-corrected chi connectivity index (χ3v) is 4.84. The lowest BCUT2D eigenvalue weighted by Gasteiger charge is -2.41. The maximum atomic E-state index is 14.0. The van der Waals surface area contributed by atoms with E-state index in [2.05, 4.69) is 16.3 Å². The zero-order valence-corrected chi connectivity index (χ0v) is 13.1. The van der Waals surface area contributed by atoms with Crippen LogP contribution in [0.2, 0.25) is 0 Å². The minimum Gasteiger partial charge on any atom is -0.505 e. The number of phenols is 1. The third kappa shape index (κ3) is 3.32. The Bertz CT molecular complexity index is 572. The second-order valence-corrected chi connectivity index (χ2v) is 6.15. The predicted octanol–water partition coefficient (Wildman–Crippen LogP) is 1.78. The Balaban J connectivity index is 2.03. The van der Waals surface area contributed by atoms with Crippen molar-refractivity contribution < 1.29 is 14.2 Å². The summed E-state index contributed by atoms with van der Waals surface area (Å²) in [6.07, 6.45) is 1.71. The molecule has 0 unspecified atom stereocenters. The summed E-state index contributed by atoms with van der Waals surface area (Å²) in [4.78, 5) is 2.27. The Hall–Kier alpha value is -1.68. The molecule has 0 saturated carbocycles. The number of hydrogen-bond donors (Lipinski definition) is 2. The van der Waals surface area contributed by atoms with Gasteiger partial charge in [0.15, 0.2) is 11.6 Å². The van der Waals surface area contributed by atoms with E-state index >= 15 is 0 Å². The predicted molar refractivity (Wildman–Crippen MR) is 83.5 cm³/mol. The summed E-state index contributed by atoms with van der Waals surface area (Å²) in [5, 5.41) is 23.1. The number of aromatic hydroxyl groups is 1. The number of nitriles is 1. The summed E-state index contributed by atoms with van der Waals surface area (Å²) in [7, 11) is 0. The number of halogens is 1. The molecule has 2 N–H and O–H groups in total. The molecule has 2 heterocycles. The van der Waals surface area contributed by atoms with Crippen LogP contribution in [0.5, 0.6) is 5.75 Å². The van der Waals surface area contributed by atoms with Crippen LogP contribution in [0.25, 0.3) is 0 Å². The van der Waals surface area contributed by atoms with Gasteiger partial charge in [-0.1, -0.05) is 0 Å². The van der Waals surface area contributed by atoms with Crippen molar-refractivity contribution in [2.45, 2.75) is 18.9 Å². The van der Waals surface area contributed by atoms with Crippen LogP contribution in [0.4, 0.5) is 4.39 Å². The molecule has 1 atom stereocenters. The fourth-order valence-corrected chi connectivity index (χ4v) is 3.69. The fraction of sp³-hybridized carbons (Fsp3) is 0.588. The first-order chi connectivity index (χ1) is 11.2. The summed E-state index contributed by atoms with van der Waals surface area (Å²) < 4.78 is 19.4. The Kier molecular flexibility index (Phi) is 5.11. The molecule has 2 aliphatic heterocycles. The first kappa shape index (κ1) is 16.2. The van der Waals surface area contributed by atoms with Crippen molar-refractivity contribution in [1.82, 2.24) is 10.2 Å². The zero-order chi connectivity index (χ0) is 16.2. The highest BCUT2D eigenvalue weighted by Gasteiger charge is 2.35. The summed E-state index contributed by atoms with van der Waals surface area (Å²) in [5.74, 6) is -0.785. The average molecular weight is 319 g/mol. The molecule has 0 bridgehead atoms. The van der Waals surface area contributed by atoms with Crippen LogP contribution in [0, 0.1) is 23.1 Å². The summed E-state index contributed by atoms with van der Waals surface area (Å²) >= 11 is 0. The maximum Gasteiger partial charge on any atom is 0.165 e. The molecule has 0 aliphatic carbocycles. The van der Waals surface area contributed by atoms with Gasteiger partial charge in [-0.05, 0) is 30.9 Å². The van der Waals surface area contributed by atoms with Crippen LogP contribution in [-0.4, -0.2) is 49.4 Å². The van der Waals surface area contributed by atoms with E-state index in [0.29, 0.717) is 24.3 Å². The molecule has 0 spiro atoms. The lowest BCUT2D eigenvalue weighted by Crippen LogP contribution is -2.47. The van der Waals surface area contributed by atoms with Crippen LogP contribution in [-0.2, 0) is 4.74 Å². The average Bonchev–Trinajstić information content (AvgIpc) is 2.61. The number of piperazine rings is 1. The van der Waals surface area contributed by atoms with E-state index in [0.717, 1.165) is 45.1 Å². The van der Waals surface area contributed by atoms with Crippen molar-refractivity contribution in [1.29, 1.82) is 5.26 Å². The Labute approximate surface area is 135 Å². The highest BCUT2D eigenvalue weighted by molar-refractivity contribution is 5.49. The number of benzene rings is 1. The van der Waals surface area contributed by atoms with E-state index in [9.17, 15) is 14.8 Å². The maximum absolute atomic E-state index is 14.0. The van der Waals surface area contributed by atoms with E-state index < -0.39 is 5.82 Å². The van der Waals surface area contributed by atoms with Crippen molar-refractivity contribution >= 4 is 0 Å². The molecule has 0 aromatic heterocycles. The highest BCUT2D eigenvalue weighted by atomic mass is 19.1. The number of ether oxygens (including phenoxy) is 1. The minimum absolute atomic E-state index is 0.147. The second-order valence-electron chi connectivity index (χ2n) is 6.15. The quantitative estimate of drug-likeness (QED) is 0.889. The van der Waals surface area contributed by atoms with Gasteiger partial charge in [0.2, 0.25) is 0 Å². The van der Waals surface area contributed by atoms with Crippen molar-refractivity contribution in [2.24, 2.45) is 5.92 Å². The topological polar surface area (TPSA) is 68.5 Å². The van der Waals surface area contributed by atoms with Gasteiger partial charge >= 0.3 is 0 Å². The smallest absolute Gasteiger partial charge is 0.165 e. The first-order valence-electron chi connectivity index (χ1n) is 8.16. The van der Waals surface area contributed by atoms with Gasteiger partial charge in [0, 0.05) is 51.0 Å². The van der Waals surface area contributed by atoms with Crippen LogP contribution in [0.3, 0.4) is 0 Å². The van der Waals surface area contributed by atoms with Gasteiger partial charge in [-0.2, -0.15) is 5.26 Å². The van der Waals surface area contributed by atoms with E-state index in [1.165, 1.54) is 6.07 Å². The standard InChI is InChI=1S/C17H22FN3O2/c18-14-2-1-13(11-19)15(17(14)22)16(12-3-9-23-10-4-12)21-7-5-20-6-8-21/h1-2,12,16,20,22H,3-10H2/t16-/m0/s1. The van der Waals surface area contributed by atoms with Crippen LogP contribution in [0.1, 0.15) is 30.0 Å². The Morgan fingerprint density at radius 2 is 2.00 bits per heavy atom. The zero-order valence-electron chi connectivity index (χ0n) is 13.1. The van der Waals surface area contributed by atoms with Gasteiger partial charge in [0.25, 0.3) is 0 Å². The van der Waals surface area contributed by atoms with E-state index in [1.54, 1.807) is 0 Å². The summed E-state index contributed by atoms with van der Waals surface area (Å²) in [6.45, 7) is 4.71. The van der Waals surface area contributed by atoms with Crippen molar-refractivity contribution in [3.05, 3.63) is 29.1 Å². The molecular weight excluding hydrogens is 297 g/mol. The van der Waals surface area contributed by atoms with Gasteiger partial charge in [-0.25, -0.2) is 4.39 Å². The number of rotatable bonds is 3. The molecule has 1 aromatic carbocycles. The van der Waals surface area contributed by atoms with Crippen molar-refractivity contribution in [3.8, 4) is 11.8 Å². The van der Waals surface area contributed by atoms with Gasteiger partial charge in [-0.3, -0.25) is 4.90 Å². The van der Waals surface area contributed by atoms with Gasteiger partial charge in [0.1, 0.15) is 0 Å². The minimum atomic E-state index is -0.661. The molecule has 2 fully saturated rings. The molecule has 23 heavy (non-hydrogen) atoms. The van der Waals surface area contributed by atoms with Gasteiger partial charge < -0.3 is 15.2 Å². The first-order valence-corrected chi connectivity index (χ1v) is 8.16. The molecule has 0 radical (unpaired) electrons. The normalized spacial score (nSPS) is 21.7. The monoisotopic (exact) mass is 319 g/mol. The fourth-order valence-electron chi connectivity index (χ4n) is 3.69. The van der Waals surface area contributed by atoms with Crippen LogP contribution >= 0.6 is 0 Å². The van der Waals surface area contributed by atoms with E-state index in [4.69, 9.17) is 4.74 Å². The molecule has 124 valence electrons. The summed E-state index contributed by atoms with van der Waals surface area (Å²) in [6, 6.07) is 4.61. The molecule has 2 saturated heterocycles. The van der Waals surface area contributed by atoms with Crippen molar-refractivity contribution in [3.63, 3.8) is 0 Å². The number of nitrogens with zero attached hydrogens (tertiary/aromatic N) is 2. The lowest BCUT2D eigenvalue weighted by atomic mass is 9.83. The van der Waals surface area contributed by atoms with E-state index in [1.807, 2.05) is 0 Å². The number of nitrogens with one attached hydrogen (secondary N) is 1. The molecule has 2 aliphatic rings. The lowest BCUT2D eigenvalue weighted by molar-refractivity contribution is 0.0204. The highest BCUT2D eigenvalue weighted by Crippen LogP contribution is 2.41. The SMILES string of the molecule is N#Cc1ccc(F)c(O)c1[C@H](C1CCOCC1)N1CCNCC1. The molecule has 0 amide bonds. The molecule has 5 nitrogen and oxygen atoms in total. The van der Waals surface area contributed by atoms with Crippen LogP contribution < -0.4 is 5.32 Å². The second kappa shape index (κ2) is 7.26. The largest absolute Gasteiger partial charge is 0.505 e.